The quantitative estimate of drug-likeness (QED) is 0.422. The van der Waals surface area contributed by atoms with Crippen LogP contribution in [0.2, 0.25) is 0 Å². The van der Waals surface area contributed by atoms with Gasteiger partial charge >= 0.3 is 186 Å². The zero-order chi connectivity index (χ0) is 21.3. The van der Waals surface area contributed by atoms with Crippen molar-refractivity contribution in [2.24, 2.45) is 0 Å². The molecule has 3 aliphatic carbocycles. The molecule has 1 aliphatic heterocycles. The molecule has 0 saturated heterocycles. The number of methoxy groups -OCH3 is 2. The van der Waals surface area contributed by atoms with Gasteiger partial charge in [-0.05, 0) is 0 Å². The minimum atomic E-state index is -0.492. The Balaban J connectivity index is 1.80. The SMILES string of the molecule is COC(=O)C1=C(C(=O)OC)c2cccc3c2C2([Se]1)c1ccccc1C3c1ccccc12. The van der Waals surface area contributed by atoms with E-state index in [1.807, 2.05) is 12.1 Å². The van der Waals surface area contributed by atoms with Crippen LogP contribution in [0.15, 0.2) is 71.2 Å². The van der Waals surface area contributed by atoms with Crippen LogP contribution in [0.1, 0.15) is 44.9 Å². The van der Waals surface area contributed by atoms with E-state index in [4.69, 9.17) is 9.47 Å². The first kappa shape index (κ1) is 18.6. The van der Waals surface area contributed by atoms with Crippen LogP contribution in [0.4, 0.5) is 0 Å². The van der Waals surface area contributed by atoms with E-state index >= 15 is 0 Å². The van der Waals surface area contributed by atoms with E-state index < -0.39 is 31.2 Å². The van der Waals surface area contributed by atoms with Gasteiger partial charge in [0.15, 0.2) is 0 Å². The van der Waals surface area contributed by atoms with E-state index in [-0.39, 0.29) is 5.92 Å². The molecule has 0 atom stereocenters. The van der Waals surface area contributed by atoms with E-state index in [1.54, 1.807) is 0 Å². The van der Waals surface area contributed by atoms with Crippen LogP contribution in [0, 0.1) is 0 Å². The summed E-state index contributed by atoms with van der Waals surface area (Å²) in [4.78, 5) is 25.9. The summed E-state index contributed by atoms with van der Waals surface area (Å²) in [5.74, 6) is -0.847. The molecule has 5 heteroatoms. The van der Waals surface area contributed by atoms with E-state index in [0.29, 0.717) is 10.0 Å². The molecular formula is C26H18O4Se. The number of esters is 2. The molecule has 0 N–H and O–H groups in total. The van der Waals surface area contributed by atoms with Crippen molar-refractivity contribution in [2.45, 2.75) is 10.2 Å². The molecule has 0 amide bonds. The molecule has 1 spiro atoms. The monoisotopic (exact) mass is 474 g/mol. The molecule has 1 heterocycles. The second kappa shape index (κ2) is 6.43. The molecule has 3 aromatic carbocycles. The summed E-state index contributed by atoms with van der Waals surface area (Å²) in [5, 5.41) is 0. The summed E-state index contributed by atoms with van der Waals surface area (Å²) in [6, 6.07) is 23.1. The molecule has 152 valence electrons. The number of rotatable bonds is 2. The van der Waals surface area contributed by atoms with Crippen molar-refractivity contribution in [3.05, 3.63) is 110 Å². The van der Waals surface area contributed by atoms with Gasteiger partial charge in [0.05, 0.1) is 0 Å². The van der Waals surface area contributed by atoms with Gasteiger partial charge in [0.1, 0.15) is 0 Å². The molecule has 0 fully saturated rings. The normalized spacial score (nSPS) is 21.7. The molecule has 2 bridgehead atoms. The van der Waals surface area contributed by atoms with Crippen molar-refractivity contribution in [2.75, 3.05) is 14.2 Å². The van der Waals surface area contributed by atoms with Gasteiger partial charge in [0, 0.05) is 0 Å². The molecule has 7 rings (SSSR count). The summed E-state index contributed by atoms with van der Waals surface area (Å²) >= 11 is -0.426. The number of ether oxygens (including phenoxy) is 2. The third-order valence-electron chi connectivity index (χ3n) is 6.57. The van der Waals surface area contributed by atoms with Gasteiger partial charge in [-0.1, -0.05) is 0 Å². The number of carbonyl (C=O) groups excluding carboxylic acids is 2. The van der Waals surface area contributed by atoms with Crippen molar-refractivity contribution in [3.8, 4) is 0 Å². The fraction of sp³-hybridized carbons (Fsp3) is 0.154. The average molecular weight is 473 g/mol. The zero-order valence-corrected chi connectivity index (χ0v) is 18.7. The van der Waals surface area contributed by atoms with Crippen LogP contribution >= 0.6 is 0 Å². The van der Waals surface area contributed by atoms with Crippen LogP contribution in [-0.4, -0.2) is 41.1 Å². The van der Waals surface area contributed by atoms with Crippen molar-refractivity contribution in [1.29, 1.82) is 0 Å². The van der Waals surface area contributed by atoms with Crippen LogP contribution < -0.4 is 0 Å². The summed E-state index contributed by atoms with van der Waals surface area (Å²) in [6.45, 7) is 0. The van der Waals surface area contributed by atoms with Gasteiger partial charge in [-0.15, -0.1) is 0 Å². The standard InChI is InChI=1S/C26H18O4Se/c1-29-24(27)21-17-11-7-10-16-20-14-8-3-5-12-18(14)26(22(16)17,31-23(21)25(28)30-2)19-13-6-4-9-15(19)20/h3-13,20H,1-2H3. The number of carbonyl (C=O) groups is 2. The van der Waals surface area contributed by atoms with Crippen molar-refractivity contribution >= 4 is 32.5 Å². The third-order valence-corrected chi connectivity index (χ3v) is 9.77. The van der Waals surface area contributed by atoms with E-state index in [0.717, 1.165) is 11.1 Å². The summed E-state index contributed by atoms with van der Waals surface area (Å²) in [6.07, 6.45) is 0. The molecule has 0 aromatic heterocycles. The fourth-order valence-electron chi connectivity index (χ4n) is 5.50. The van der Waals surface area contributed by atoms with Gasteiger partial charge in [-0.25, -0.2) is 0 Å². The predicted octanol–water partition coefficient (Wildman–Crippen LogP) is 3.56. The maximum atomic E-state index is 13.0. The molecule has 4 nitrogen and oxygen atoms in total. The number of hydrogen-bond donors (Lipinski definition) is 0. The Morgan fingerprint density at radius 2 is 1.35 bits per heavy atom. The topological polar surface area (TPSA) is 52.6 Å². The van der Waals surface area contributed by atoms with Crippen LogP contribution in [-0.2, 0) is 23.4 Å². The van der Waals surface area contributed by atoms with E-state index in [1.165, 1.54) is 42.0 Å². The Kier molecular flexibility index (Phi) is 3.86. The second-order valence-corrected chi connectivity index (χ2v) is 10.4. The number of hydrogen-bond acceptors (Lipinski definition) is 4. The van der Waals surface area contributed by atoms with E-state index in [9.17, 15) is 9.59 Å². The Morgan fingerprint density at radius 3 is 1.97 bits per heavy atom. The first-order valence-corrected chi connectivity index (χ1v) is 11.8. The molecule has 0 radical (unpaired) electrons. The van der Waals surface area contributed by atoms with Crippen LogP contribution in [0.5, 0.6) is 0 Å². The number of benzene rings is 3. The van der Waals surface area contributed by atoms with Crippen LogP contribution in [0.3, 0.4) is 0 Å². The van der Waals surface area contributed by atoms with Gasteiger partial charge in [0.25, 0.3) is 0 Å². The molecule has 0 unspecified atom stereocenters. The second-order valence-electron chi connectivity index (χ2n) is 7.85. The van der Waals surface area contributed by atoms with Gasteiger partial charge in [-0.2, -0.15) is 0 Å². The first-order chi connectivity index (χ1) is 15.1. The van der Waals surface area contributed by atoms with Gasteiger partial charge in [-0.3, -0.25) is 0 Å². The van der Waals surface area contributed by atoms with E-state index in [2.05, 4.69) is 54.6 Å². The molecular weight excluding hydrogens is 455 g/mol. The first-order valence-electron chi connectivity index (χ1n) is 10.1. The predicted molar refractivity (Wildman–Crippen MR) is 117 cm³/mol. The molecule has 0 saturated carbocycles. The van der Waals surface area contributed by atoms with Gasteiger partial charge in [0.2, 0.25) is 0 Å². The Labute approximate surface area is 186 Å². The minimum absolute atomic E-state index is 0.110. The van der Waals surface area contributed by atoms with Crippen molar-refractivity contribution in [3.63, 3.8) is 0 Å². The fourth-order valence-corrected chi connectivity index (χ4v) is 9.04. The zero-order valence-electron chi connectivity index (χ0n) is 17.0. The van der Waals surface area contributed by atoms with Crippen molar-refractivity contribution in [1.82, 2.24) is 0 Å². The van der Waals surface area contributed by atoms with Crippen molar-refractivity contribution < 1.29 is 19.1 Å². The third kappa shape index (κ3) is 2.15. The maximum absolute atomic E-state index is 13.0. The average Bonchev–Trinajstić information content (AvgIpc) is 2.83. The van der Waals surface area contributed by atoms with Crippen LogP contribution in [0.25, 0.3) is 5.57 Å². The molecule has 31 heavy (non-hydrogen) atoms. The Hall–Kier alpha value is -3.14. The summed E-state index contributed by atoms with van der Waals surface area (Å²) in [5.41, 5.74) is 8.49. The van der Waals surface area contributed by atoms with Gasteiger partial charge < -0.3 is 0 Å². The molecule has 4 aliphatic rings. The summed E-state index contributed by atoms with van der Waals surface area (Å²) in [7, 11) is 2.72. The Bertz CT molecular complexity index is 1290. The molecule has 3 aromatic rings. The summed E-state index contributed by atoms with van der Waals surface area (Å²) < 4.78 is 10.2. The Morgan fingerprint density at radius 1 is 0.774 bits per heavy atom.